The molecule has 3 atom stereocenters. The van der Waals surface area contributed by atoms with Crippen molar-refractivity contribution in [1.29, 1.82) is 10.8 Å². The number of fused-ring (bicyclic) bond motifs is 1. The van der Waals surface area contributed by atoms with Gasteiger partial charge >= 0.3 is 0 Å². The number of allylic oxidation sites excluding steroid dienone is 4. The molecule has 0 fully saturated rings. The Labute approximate surface area is 132 Å². The van der Waals surface area contributed by atoms with E-state index in [-0.39, 0.29) is 23.1 Å². The van der Waals surface area contributed by atoms with Crippen molar-refractivity contribution in [2.45, 2.75) is 18.6 Å². The number of nitrogens with zero attached hydrogens (tertiary/aromatic N) is 3. The molecule has 108 valence electrons. The lowest BCUT2D eigenvalue weighted by Crippen LogP contribution is -2.51. The van der Waals surface area contributed by atoms with E-state index in [1.54, 1.807) is 12.2 Å². The Hall–Kier alpha value is -1.72. The van der Waals surface area contributed by atoms with Crippen LogP contribution in [0.4, 0.5) is 0 Å². The first-order valence-corrected chi connectivity index (χ1v) is 7.28. The number of amidine groups is 2. The van der Waals surface area contributed by atoms with Crippen LogP contribution in [0.2, 0.25) is 0 Å². The van der Waals surface area contributed by atoms with Gasteiger partial charge in [0.25, 0.3) is 0 Å². The van der Waals surface area contributed by atoms with Crippen molar-refractivity contribution in [3.63, 3.8) is 0 Å². The van der Waals surface area contributed by atoms with Crippen LogP contribution in [0, 0.1) is 16.7 Å². The van der Waals surface area contributed by atoms with Crippen LogP contribution in [0.15, 0.2) is 46.4 Å². The summed E-state index contributed by atoms with van der Waals surface area (Å²) in [4.78, 5) is 10.4. The summed E-state index contributed by atoms with van der Waals surface area (Å²) < 4.78 is 0. The Morgan fingerprint density at radius 2 is 2.10 bits per heavy atom. The lowest BCUT2D eigenvalue weighted by Gasteiger charge is -2.37. The van der Waals surface area contributed by atoms with E-state index in [1.165, 1.54) is 4.90 Å². The SMILES string of the molecule is N=C(Cl)N1C(=N)C=CC2N=C(Cl)C(C3C=CC=CC3)=NC21. The fraction of sp³-hybridized carbons (Fsp3) is 0.286. The molecule has 5 nitrogen and oxygen atoms in total. The molecule has 0 radical (unpaired) electrons. The molecule has 0 saturated heterocycles. The van der Waals surface area contributed by atoms with Gasteiger partial charge in [-0.2, -0.15) is 0 Å². The van der Waals surface area contributed by atoms with Gasteiger partial charge in [0.15, 0.2) is 11.5 Å². The van der Waals surface area contributed by atoms with Crippen molar-refractivity contribution in [3.05, 3.63) is 36.5 Å². The second kappa shape index (κ2) is 5.58. The molecule has 2 aliphatic heterocycles. The first-order valence-electron chi connectivity index (χ1n) is 6.52. The van der Waals surface area contributed by atoms with Crippen LogP contribution in [-0.4, -0.2) is 39.1 Å². The third-order valence-corrected chi connectivity index (χ3v) is 4.04. The fourth-order valence-corrected chi connectivity index (χ4v) is 3.05. The van der Waals surface area contributed by atoms with Gasteiger partial charge in [-0.25, -0.2) is 0 Å². The highest BCUT2D eigenvalue weighted by atomic mass is 35.5. The molecule has 3 rings (SSSR count). The smallest absolute Gasteiger partial charge is 0.198 e. The predicted molar refractivity (Wildman–Crippen MR) is 87.0 cm³/mol. The number of rotatable bonds is 1. The van der Waals surface area contributed by atoms with Gasteiger partial charge in [-0.05, 0) is 24.1 Å². The highest BCUT2D eigenvalue weighted by Gasteiger charge is 2.37. The summed E-state index contributed by atoms with van der Waals surface area (Å²) >= 11 is 12.1. The zero-order chi connectivity index (χ0) is 15.0. The lowest BCUT2D eigenvalue weighted by molar-refractivity contribution is 0.404. The highest BCUT2D eigenvalue weighted by Crippen LogP contribution is 2.27. The maximum Gasteiger partial charge on any atom is 0.198 e. The normalized spacial score (nSPS) is 30.9. The Morgan fingerprint density at radius 1 is 1.29 bits per heavy atom. The van der Waals surface area contributed by atoms with Crippen molar-refractivity contribution in [1.82, 2.24) is 4.90 Å². The van der Waals surface area contributed by atoms with Gasteiger partial charge in [-0.1, -0.05) is 42.0 Å². The molecule has 0 aromatic heterocycles. The van der Waals surface area contributed by atoms with Gasteiger partial charge in [0, 0.05) is 5.92 Å². The summed E-state index contributed by atoms with van der Waals surface area (Å²) in [7, 11) is 0. The van der Waals surface area contributed by atoms with E-state index in [2.05, 4.69) is 9.98 Å². The Kier molecular flexibility index (Phi) is 3.78. The van der Waals surface area contributed by atoms with Gasteiger partial charge in [0.2, 0.25) is 0 Å². The lowest BCUT2D eigenvalue weighted by atomic mass is 9.94. The van der Waals surface area contributed by atoms with Crippen LogP contribution in [-0.2, 0) is 0 Å². The topological polar surface area (TPSA) is 75.7 Å². The van der Waals surface area contributed by atoms with Crippen LogP contribution >= 0.6 is 23.2 Å². The molecule has 3 aliphatic rings. The average Bonchev–Trinajstić information content (AvgIpc) is 2.47. The molecule has 21 heavy (non-hydrogen) atoms. The molecule has 0 amide bonds. The standard InChI is InChI=1S/C14H13Cl2N5/c15-12-11(8-4-2-1-3-5-8)20-13-9(19-12)6-7-10(17)21(13)14(16)18/h1-4,6-9,13,17-18H,5H2. The van der Waals surface area contributed by atoms with Gasteiger partial charge in [-0.15, -0.1) is 0 Å². The second-order valence-electron chi connectivity index (χ2n) is 4.90. The minimum atomic E-state index is -0.510. The summed E-state index contributed by atoms with van der Waals surface area (Å²) in [6.45, 7) is 0. The first-order chi connectivity index (χ1) is 10.1. The molecule has 0 saturated carbocycles. The molecule has 2 heterocycles. The van der Waals surface area contributed by atoms with Gasteiger partial charge in [0.1, 0.15) is 17.0 Å². The zero-order valence-corrected chi connectivity index (χ0v) is 12.5. The van der Waals surface area contributed by atoms with Crippen LogP contribution in [0.25, 0.3) is 0 Å². The van der Waals surface area contributed by atoms with Crippen LogP contribution < -0.4 is 0 Å². The van der Waals surface area contributed by atoms with Crippen LogP contribution in [0.3, 0.4) is 0 Å². The van der Waals surface area contributed by atoms with Crippen molar-refractivity contribution in [2.75, 3.05) is 0 Å². The average molecular weight is 322 g/mol. The maximum atomic E-state index is 7.90. The van der Waals surface area contributed by atoms with Crippen molar-refractivity contribution < 1.29 is 0 Å². The third kappa shape index (κ3) is 2.59. The van der Waals surface area contributed by atoms with Crippen molar-refractivity contribution >= 4 is 45.2 Å². The third-order valence-electron chi connectivity index (χ3n) is 3.57. The molecule has 7 heteroatoms. The fourth-order valence-electron chi connectivity index (χ4n) is 2.56. The molecule has 2 N–H and O–H groups in total. The molecule has 0 spiro atoms. The van der Waals surface area contributed by atoms with E-state index in [4.69, 9.17) is 34.0 Å². The molecule has 3 unspecified atom stereocenters. The number of hydrogen-bond acceptors (Lipinski definition) is 4. The Balaban J connectivity index is 1.98. The Bertz CT molecular complexity index is 644. The van der Waals surface area contributed by atoms with Gasteiger partial charge in [0.05, 0.1) is 5.71 Å². The molecule has 0 aromatic carbocycles. The van der Waals surface area contributed by atoms with E-state index >= 15 is 0 Å². The summed E-state index contributed by atoms with van der Waals surface area (Å²) in [5.74, 6) is 0.199. The zero-order valence-electron chi connectivity index (χ0n) is 11.0. The summed E-state index contributed by atoms with van der Waals surface area (Å²) in [5.41, 5.74) is 0.685. The Morgan fingerprint density at radius 3 is 2.76 bits per heavy atom. The number of aliphatic imine (C=N–C) groups is 2. The minimum absolute atomic E-state index is 0.0682. The highest BCUT2D eigenvalue weighted by molar-refractivity contribution is 6.84. The number of hydrogen-bond donors (Lipinski definition) is 2. The van der Waals surface area contributed by atoms with E-state index in [0.29, 0.717) is 10.9 Å². The number of nitrogens with one attached hydrogen (secondary N) is 2. The summed E-state index contributed by atoms with van der Waals surface area (Å²) in [6.07, 6.45) is 11.6. The largest absolute Gasteiger partial charge is 0.284 e. The van der Waals surface area contributed by atoms with E-state index in [9.17, 15) is 0 Å². The molecule has 1 aliphatic carbocycles. The quantitative estimate of drug-likeness (QED) is 0.435. The van der Waals surface area contributed by atoms with Gasteiger partial charge < -0.3 is 0 Å². The van der Waals surface area contributed by atoms with Crippen LogP contribution in [0.5, 0.6) is 0 Å². The van der Waals surface area contributed by atoms with Gasteiger partial charge in [-0.3, -0.25) is 25.7 Å². The van der Waals surface area contributed by atoms with E-state index < -0.39 is 6.17 Å². The van der Waals surface area contributed by atoms with Crippen molar-refractivity contribution in [3.8, 4) is 0 Å². The summed E-state index contributed by atoms with van der Waals surface area (Å²) in [5, 5.41) is 15.7. The predicted octanol–water partition coefficient (Wildman–Crippen LogP) is 2.93. The maximum absolute atomic E-state index is 7.90. The molecule has 0 bridgehead atoms. The summed E-state index contributed by atoms with van der Waals surface area (Å²) in [6, 6.07) is -0.322. The molecular formula is C14H13Cl2N5. The monoisotopic (exact) mass is 321 g/mol. The minimum Gasteiger partial charge on any atom is -0.284 e. The van der Waals surface area contributed by atoms with Crippen LogP contribution in [0.1, 0.15) is 6.42 Å². The molecule has 0 aromatic rings. The van der Waals surface area contributed by atoms with E-state index in [0.717, 1.165) is 6.42 Å². The second-order valence-corrected chi connectivity index (χ2v) is 5.61. The van der Waals surface area contributed by atoms with E-state index in [1.807, 2.05) is 24.3 Å². The van der Waals surface area contributed by atoms with Crippen molar-refractivity contribution in [2.24, 2.45) is 15.9 Å². The molecular weight excluding hydrogens is 309 g/mol. The number of halogens is 2. The first kappa shape index (κ1) is 14.2.